The first kappa shape index (κ1) is 36.4. The van der Waals surface area contributed by atoms with Crippen LogP contribution in [-0.2, 0) is 35.1 Å². The van der Waals surface area contributed by atoms with Gasteiger partial charge < -0.3 is 25.4 Å². The third-order valence-corrected chi connectivity index (χ3v) is 9.07. The quantitative estimate of drug-likeness (QED) is 0.120. The highest BCUT2D eigenvalue weighted by Gasteiger charge is 2.45. The molecule has 4 amide bonds. The Morgan fingerprint density at radius 2 is 1.71 bits per heavy atom. The van der Waals surface area contributed by atoms with Gasteiger partial charge in [0.05, 0.1) is 23.9 Å². The largest absolute Gasteiger partial charge is 0.464 e. The van der Waals surface area contributed by atoms with Crippen LogP contribution in [0.2, 0.25) is 0 Å². The number of rotatable bonds is 20. The highest BCUT2D eigenvalue weighted by Crippen LogP contribution is 2.23. The first-order chi connectivity index (χ1) is 21.7. The lowest BCUT2D eigenvalue weighted by atomic mass is 10.1. The van der Waals surface area contributed by atoms with Gasteiger partial charge in [-0.05, 0) is 26.2 Å². The average Bonchev–Trinajstić information content (AvgIpc) is 3.79. The topological polar surface area (TPSA) is 161 Å². The second-order valence-corrected chi connectivity index (χ2v) is 12.8. The van der Waals surface area contributed by atoms with Crippen molar-refractivity contribution in [1.82, 2.24) is 20.1 Å². The Kier molecular flexibility index (Phi) is 15.7. The van der Waals surface area contributed by atoms with Crippen LogP contribution < -0.4 is 11.1 Å². The van der Waals surface area contributed by atoms with Crippen LogP contribution in [-0.4, -0.2) is 88.5 Å². The number of cyclic esters (lactones) is 1. The molecule has 2 saturated heterocycles. The van der Waals surface area contributed by atoms with E-state index in [9.17, 15) is 24.0 Å². The van der Waals surface area contributed by atoms with E-state index in [2.05, 4.69) is 17.2 Å². The van der Waals surface area contributed by atoms with E-state index in [0.29, 0.717) is 31.5 Å². The Labute approximate surface area is 270 Å². The van der Waals surface area contributed by atoms with Gasteiger partial charge in [-0.15, -0.1) is 11.3 Å². The number of esters is 1. The molecule has 0 saturated carbocycles. The first-order valence-electron chi connectivity index (χ1n) is 16.6. The summed E-state index contributed by atoms with van der Waals surface area (Å²) in [5.41, 5.74) is 8.52. The number of nitrogens with one attached hydrogen (secondary N) is 1. The zero-order valence-corrected chi connectivity index (χ0v) is 27.7. The van der Waals surface area contributed by atoms with Gasteiger partial charge in [0.15, 0.2) is 0 Å². The van der Waals surface area contributed by atoms with Crippen LogP contribution >= 0.6 is 11.3 Å². The fourth-order valence-electron chi connectivity index (χ4n) is 5.84. The highest BCUT2D eigenvalue weighted by atomic mass is 32.1. The van der Waals surface area contributed by atoms with E-state index in [1.807, 2.05) is 5.38 Å². The summed E-state index contributed by atoms with van der Waals surface area (Å²) >= 11 is 1.40. The Morgan fingerprint density at radius 1 is 1.07 bits per heavy atom. The average molecular weight is 650 g/mol. The van der Waals surface area contributed by atoms with E-state index >= 15 is 0 Å². The second kappa shape index (κ2) is 19.5. The number of nitrogens with two attached hydrogens (primary N) is 1. The summed E-state index contributed by atoms with van der Waals surface area (Å²) < 4.78 is 10.4. The zero-order valence-electron chi connectivity index (χ0n) is 26.9. The molecule has 1 aromatic rings. The maximum absolute atomic E-state index is 13.8. The summed E-state index contributed by atoms with van der Waals surface area (Å²) in [6.07, 6.45) is 13.6. The molecule has 0 unspecified atom stereocenters. The van der Waals surface area contributed by atoms with Crippen LogP contribution in [0.25, 0.3) is 0 Å². The van der Waals surface area contributed by atoms with Gasteiger partial charge >= 0.3 is 12.1 Å². The summed E-state index contributed by atoms with van der Waals surface area (Å²) in [6.45, 7) is 3.61. The molecule has 4 atom stereocenters. The van der Waals surface area contributed by atoms with Crippen molar-refractivity contribution in [1.29, 1.82) is 0 Å². The van der Waals surface area contributed by atoms with E-state index in [1.165, 1.54) is 74.5 Å². The molecule has 0 spiro atoms. The molecule has 0 aromatic carbocycles. The van der Waals surface area contributed by atoms with E-state index in [0.717, 1.165) is 24.2 Å². The molecule has 1 aromatic heterocycles. The standard InChI is InChI=1S/C32H51N5O7S/c1-3-4-5-6-7-8-9-10-11-12-13-14-18-43-27(38)20-37(31(41)28-23(2)44-32(42)35-28)30(40)26-16-15-17-36(26)29(39)25(33)19-24-21-45-22-34-24/h21-23,25-26,28H,3-20,33H2,1-2H3,(H,35,42)/t23-,25-,26-,28-/m0/s1. The lowest BCUT2D eigenvalue weighted by Gasteiger charge is -2.31. The van der Waals surface area contributed by atoms with Crippen molar-refractivity contribution >= 4 is 41.1 Å². The van der Waals surface area contributed by atoms with Crippen LogP contribution in [0.5, 0.6) is 0 Å². The lowest BCUT2D eigenvalue weighted by Crippen LogP contribution is -2.58. The molecule has 45 heavy (non-hydrogen) atoms. The molecule has 0 bridgehead atoms. The molecule has 0 aliphatic carbocycles. The van der Waals surface area contributed by atoms with Crippen LogP contribution in [0, 0.1) is 0 Å². The van der Waals surface area contributed by atoms with Gasteiger partial charge in [-0.1, -0.05) is 77.6 Å². The Hall–Kier alpha value is -3.06. The highest BCUT2D eigenvalue weighted by molar-refractivity contribution is 7.07. The number of imide groups is 1. The minimum atomic E-state index is -1.15. The van der Waals surface area contributed by atoms with Gasteiger partial charge in [-0.3, -0.25) is 24.1 Å². The number of unbranched alkanes of at least 4 members (excludes halogenated alkanes) is 11. The van der Waals surface area contributed by atoms with Crippen molar-refractivity contribution in [3.8, 4) is 0 Å². The number of amides is 4. The number of likely N-dealkylation sites (tertiary alicyclic amines) is 1. The lowest BCUT2D eigenvalue weighted by molar-refractivity contribution is -0.159. The zero-order chi connectivity index (χ0) is 32.6. The van der Waals surface area contributed by atoms with Crippen LogP contribution in [0.15, 0.2) is 10.9 Å². The van der Waals surface area contributed by atoms with Crippen molar-refractivity contribution in [3.63, 3.8) is 0 Å². The van der Waals surface area contributed by atoms with E-state index in [4.69, 9.17) is 15.2 Å². The normalized spacial score (nSPS) is 20.0. The fraction of sp³-hybridized carbons (Fsp3) is 0.750. The first-order valence-corrected chi connectivity index (χ1v) is 17.6. The summed E-state index contributed by atoms with van der Waals surface area (Å²) in [5.74, 6) is -2.64. The Balaban J connectivity index is 1.50. The third-order valence-electron chi connectivity index (χ3n) is 8.43. The predicted octanol–water partition coefficient (Wildman–Crippen LogP) is 4.10. The van der Waals surface area contributed by atoms with Gasteiger partial charge in [-0.2, -0.15) is 0 Å². The Morgan fingerprint density at radius 3 is 2.29 bits per heavy atom. The molecule has 3 N–H and O–H groups in total. The summed E-state index contributed by atoms with van der Waals surface area (Å²) in [5, 5.41) is 4.22. The number of aromatic nitrogens is 1. The van der Waals surface area contributed by atoms with Gasteiger partial charge in [0, 0.05) is 18.3 Å². The third kappa shape index (κ3) is 11.7. The van der Waals surface area contributed by atoms with E-state index < -0.39 is 60.6 Å². The summed E-state index contributed by atoms with van der Waals surface area (Å²) in [4.78, 5) is 71.6. The van der Waals surface area contributed by atoms with Crippen LogP contribution in [0.1, 0.15) is 109 Å². The van der Waals surface area contributed by atoms with Crippen LogP contribution in [0.3, 0.4) is 0 Å². The molecule has 0 radical (unpaired) electrons. The van der Waals surface area contributed by atoms with Crippen molar-refractivity contribution in [3.05, 3.63) is 16.6 Å². The maximum Gasteiger partial charge on any atom is 0.408 e. The molecule has 12 nitrogen and oxygen atoms in total. The number of alkyl carbamates (subject to hydrolysis) is 1. The predicted molar refractivity (Wildman–Crippen MR) is 170 cm³/mol. The molecular weight excluding hydrogens is 598 g/mol. The molecule has 3 rings (SSSR count). The minimum absolute atomic E-state index is 0.186. The number of thiazole rings is 1. The Bertz CT molecular complexity index is 1100. The second-order valence-electron chi connectivity index (χ2n) is 12.1. The maximum atomic E-state index is 13.8. The summed E-state index contributed by atoms with van der Waals surface area (Å²) in [7, 11) is 0. The SMILES string of the molecule is CCCCCCCCCCCCCCOC(=O)CN(C(=O)[C@H]1NC(=O)O[C@H]1C)C(=O)[C@@H]1CCCN1C(=O)[C@@H](N)Cc1cscn1. The number of hydrogen-bond acceptors (Lipinski definition) is 10. The van der Waals surface area contributed by atoms with E-state index in [-0.39, 0.29) is 13.0 Å². The van der Waals surface area contributed by atoms with Crippen molar-refractivity contribution in [2.45, 2.75) is 134 Å². The number of hydrogen-bond donors (Lipinski definition) is 2. The molecular formula is C32H51N5O7S. The molecule has 3 heterocycles. The molecule has 2 aliphatic heterocycles. The molecule has 13 heteroatoms. The molecule has 2 fully saturated rings. The van der Waals surface area contributed by atoms with Crippen molar-refractivity contribution in [2.75, 3.05) is 19.7 Å². The smallest absolute Gasteiger partial charge is 0.408 e. The summed E-state index contributed by atoms with van der Waals surface area (Å²) in [6, 6.07) is -3.03. The number of ether oxygens (including phenoxy) is 2. The monoisotopic (exact) mass is 649 g/mol. The van der Waals surface area contributed by atoms with Crippen molar-refractivity contribution < 1.29 is 33.4 Å². The fourth-order valence-corrected chi connectivity index (χ4v) is 6.42. The minimum Gasteiger partial charge on any atom is -0.464 e. The molecule has 252 valence electrons. The molecule has 2 aliphatic rings. The van der Waals surface area contributed by atoms with Crippen molar-refractivity contribution in [2.24, 2.45) is 5.73 Å². The number of carbonyl (C=O) groups excluding carboxylic acids is 5. The van der Waals surface area contributed by atoms with Gasteiger partial charge in [0.1, 0.15) is 24.7 Å². The number of carbonyl (C=O) groups is 5. The van der Waals surface area contributed by atoms with Gasteiger partial charge in [0.2, 0.25) is 5.91 Å². The number of nitrogens with zero attached hydrogens (tertiary/aromatic N) is 3. The van der Waals surface area contributed by atoms with Gasteiger partial charge in [-0.25, -0.2) is 9.78 Å². The van der Waals surface area contributed by atoms with E-state index in [1.54, 1.807) is 5.51 Å². The van der Waals surface area contributed by atoms with Crippen LogP contribution in [0.4, 0.5) is 4.79 Å². The van der Waals surface area contributed by atoms with Gasteiger partial charge in [0.25, 0.3) is 11.8 Å².